The summed E-state index contributed by atoms with van der Waals surface area (Å²) in [4.78, 5) is 2.49. The summed E-state index contributed by atoms with van der Waals surface area (Å²) in [5.41, 5.74) is 0.857. The zero-order chi connectivity index (χ0) is 15.5. The van der Waals surface area contributed by atoms with Gasteiger partial charge in [0.1, 0.15) is 0 Å². The first kappa shape index (κ1) is 16.5. The maximum atomic E-state index is 10.8. The fraction of sp³-hybridized carbons (Fsp3) is 0.824. The van der Waals surface area contributed by atoms with Gasteiger partial charge >= 0.3 is 0 Å². The smallest absolute Gasteiger partial charge is 0.0777 e. The zero-order valence-electron chi connectivity index (χ0n) is 14.0. The van der Waals surface area contributed by atoms with Gasteiger partial charge in [0.05, 0.1) is 11.8 Å². The van der Waals surface area contributed by atoms with Gasteiger partial charge in [-0.05, 0) is 59.2 Å². The molecule has 1 fully saturated rings. The fourth-order valence-electron chi connectivity index (χ4n) is 3.27. The number of aliphatic hydroxyl groups is 1. The van der Waals surface area contributed by atoms with E-state index < -0.39 is 0 Å². The van der Waals surface area contributed by atoms with Crippen molar-refractivity contribution in [1.29, 1.82) is 0 Å². The van der Waals surface area contributed by atoms with Crippen molar-refractivity contribution < 1.29 is 5.11 Å². The molecule has 2 atom stereocenters. The minimum Gasteiger partial charge on any atom is -0.391 e. The zero-order valence-corrected chi connectivity index (χ0v) is 14.0. The third kappa shape index (κ3) is 3.67. The number of aromatic nitrogens is 2. The number of likely N-dealkylation sites (tertiary alicyclic amines) is 1. The van der Waals surface area contributed by atoms with Crippen molar-refractivity contribution in [3.63, 3.8) is 0 Å². The molecule has 1 aromatic rings. The van der Waals surface area contributed by atoms with Crippen molar-refractivity contribution >= 4 is 0 Å². The molecule has 0 aromatic carbocycles. The second-order valence-corrected chi connectivity index (χ2v) is 6.86. The average Bonchev–Trinajstić information content (AvgIpc) is 2.96. The Morgan fingerprint density at radius 3 is 2.48 bits per heavy atom. The minimum atomic E-state index is -0.365. The Morgan fingerprint density at radius 1 is 1.29 bits per heavy atom. The molecule has 1 aliphatic heterocycles. The van der Waals surface area contributed by atoms with Gasteiger partial charge in [-0.1, -0.05) is 13.3 Å². The summed E-state index contributed by atoms with van der Waals surface area (Å²) in [6, 6.07) is 2.41. The van der Waals surface area contributed by atoms with E-state index in [1.807, 2.05) is 16.9 Å². The number of aliphatic hydroxyl groups excluding tert-OH is 1. The Bertz CT molecular complexity index is 437. The Hall–Kier alpha value is -0.870. The van der Waals surface area contributed by atoms with Crippen molar-refractivity contribution in [2.45, 2.75) is 77.5 Å². The van der Waals surface area contributed by atoms with E-state index in [9.17, 15) is 5.11 Å². The van der Waals surface area contributed by atoms with E-state index in [0.717, 1.165) is 25.2 Å². The van der Waals surface area contributed by atoms with Gasteiger partial charge in [0.15, 0.2) is 0 Å². The summed E-state index contributed by atoms with van der Waals surface area (Å²) in [6.45, 7) is 10.9. The lowest BCUT2D eigenvalue weighted by atomic mass is 9.85. The van der Waals surface area contributed by atoms with Crippen molar-refractivity contribution in [3.8, 4) is 0 Å². The highest BCUT2D eigenvalue weighted by molar-refractivity contribution is 5.05. The largest absolute Gasteiger partial charge is 0.391 e. The van der Waals surface area contributed by atoms with Crippen molar-refractivity contribution in [2.24, 2.45) is 0 Å². The second-order valence-electron chi connectivity index (χ2n) is 6.86. The predicted octanol–water partition coefficient (Wildman–Crippen LogP) is 3.02. The first-order valence-corrected chi connectivity index (χ1v) is 8.44. The minimum absolute atomic E-state index is 0.137. The summed E-state index contributed by atoms with van der Waals surface area (Å²) in [6.07, 6.45) is 7.09. The molecule has 0 amide bonds. The van der Waals surface area contributed by atoms with Crippen molar-refractivity contribution in [3.05, 3.63) is 18.0 Å². The van der Waals surface area contributed by atoms with E-state index in [4.69, 9.17) is 0 Å². The molecule has 2 rings (SSSR count). The first-order valence-electron chi connectivity index (χ1n) is 8.44. The third-order valence-electron chi connectivity index (χ3n) is 5.11. The lowest BCUT2D eigenvalue weighted by Crippen LogP contribution is -2.56. The topological polar surface area (TPSA) is 41.3 Å². The predicted molar refractivity (Wildman–Crippen MR) is 86.4 cm³/mol. The standard InChI is InChI=1S/C17H31N3O/c1-5-17(4,19-10-7-6-8-11-19)16(21)13-15-9-12-20(18-15)14(2)3/h9,12,14,16,21H,5-8,10-11,13H2,1-4H3. The normalized spacial score (nSPS) is 21.4. The molecule has 0 saturated carbocycles. The van der Waals surface area contributed by atoms with Gasteiger partial charge in [0.2, 0.25) is 0 Å². The molecule has 4 heteroatoms. The van der Waals surface area contributed by atoms with Crippen LogP contribution in [0.2, 0.25) is 0 Å². The van der Waals surface area contributed by atoms with Crippen LogP contribution < -0.4 is 0 Å². The van der Waals surface area contributed by atoms with E-state index in [-0.39, 0.29) is 11.6 Å². The molecule has 0 spiro atoms. The monoisotopic (exact) mass is 293 g/mol. The van der Waals surface area contributed by atoms with Gasteiger partial charge < -0.3 is 5.11 Å². The first-order chi connectivity index (χ1) is 9.97. The van der Waals surface area contributed by atoms with Gasteiger partial charge in [0.25, 0.3) is 0 Å². The highest BCUT2D eigenvalue weighted by Crippen LogP contribution is 2.29. The molecular weight excluding hydrogens is 262 g/mol. The molecular formula is C17H31N3O. The molecule has 120 valence electrons. The van der Waals surface area contributed by atoms with Gasteiger partial charge in [-0.25, -0.2) is 0 Å². The molecule has 1 saturated heterocycles. The van der Waals surface area contributed by atoms with Crippen LogP contribution in [0.3, 0.4) is 0 Å². The molecule has 1 N–H and O–H groups in total. The number of hydrogen-bond donors (Lipinski definition) is 1. The summed E-state index contributed by atoms with van der Waals surface area (Å²) in [5, 5.41) is 15.4. The molecule has 0 aliphatic carbocycles. The highest BCUT2D eigenvalue weighted by atomic mass is 16.3. The Morgan fingerprint density at radius 2 is 1.95 bits per heavy atom. The van der Waals surface area contributed by atoms with Crippen molar-refractivity contribution in [1.82, 2.24) is 14.7 Å². The molecule has 0 radical (unpaired) electrons. The summed E-state index contributed by atoms with van der Waals surface area (Å²) >= 11 is 0. The van der Waals surface area contributed by atoms with Gasteiger partial charge in [-0.15, -0.1) is 0 Å². The number of piperidine rings is 1. The van der Waals surface area contributed by atoms with Crippen molar-refractivity contribution in [2.75, 3.05) is 13.1 Å². The van der Waals surface area contributed by atoms with Crippen LogP contribution in [-0.2, 0) is 6.42 Å². The van der Waals surface area contributed by atoms with Gasteiger partial charge in [-0.3, -0.25) is 9.58 Å². The van der Waals surface area contributed by atoms with E-state index >= 15 is 0 Å². The van der Waals surface area contributed by atoms with E-state index in [0.29, 0.717) is 12.5 Å². The third-order valence-corrected chi connectivity index (χ3v) is 5.11. The van der Waals surface area contributed by atoms with E-state index in [2.05, 4.69) is 37.7 Å². The Balaban J connectivity index is 2.05. The molecule has 21 heavy (non-hydrogen) atoms. The number of rotatable bonds is 6. The van der Waals surface area contributed by atoms with Crippen LogP contribution in [-0.4, -0.2) is 44.5 Å². The lowest BCUT2D eigenvalue weighted by Gasteiger charge is -2.46. The van der Waals surface area contributed by atoms with Crippen LogP contribution in [0.25, 0.3) is 0 Å². The lowest BCUT2D eigenvalue weighted by molar-refractivity contribution is -0.0333. The molecule has 0 bridgehead atoms. The quantitative estimate of drug-likeness (QED) is 0.876. The van der Waals surface area contributed by atoms with Crippen LogP contribution in [0.4, 0.5) is 0 Å². The molecule has 4 nitrogen and oxygen atoms in total. The second kappa shape index (κ2) is 6.93. The van der Waals surface area contributed by atoms with E-state index in [1.165, 1.54) is 19.3 Å². The summed E-state index contributed by atoms with van der Waals surface area (Å²) in [5.74, 6) is 0. The fourth-order valence-corrected chi connectivity index (χ4v) is 3.27. The molecule has 2 unspecified atom stereocenters. The number of hydrogen-bond acceptors (Lipinski definition) is 3. The maximum absolute atomic E-state index is 10.8. The Labute approximate surface area is 129 Å². The van der Waals surface area contributed by atoms with Crippen LogP contribution in [0, 0.1) is 0 Å². The number of nitrogens with zero attached hydrogens (tertiary/aromatic N) is 3. The maximum Gasteiger partial charge on any atom is 0.0777 e. The average molecular weight is 293 g/mol. The van der Waals surface area contributed by atoms with Crippen LogP contribution in [0.5, 0.6) is 0 Å². The van der Waals surface area contributed by atoms with Gasteiger partial charge in [0, 0.05) is 24.2 Å². The van der Waals surface area contributed by atoms with Crippen LogP contribution >= 0.6 is 0 Å². The molecule has 2 heterocycles. The molecule has 1 aromatic heterocycles. The van der Waals surface area contributed by atoms with Crippen LogP contribution in [0.1, 0.15) is 65.1 Å². The van der Waals surface area contributed by atoms with E-state index in [1.54, 1.807) is 0 Å². The summed E-state index contributed by atoms with van der Waals surface area (Å²) < 4.78 is 1.96. The highest BCUT2D eigenvalue weighted by Gasteiger charge is 2.38. The summed E-state index contributed by atoms with van der Waals surface area (Å²) in [7, 11) is 0. The van der Waals surface area contributed by atoms with Crippen LogP contribution in [0.15, 0.2) is 12.3 Å². The van der Waals surface area contributed by atoms with Gasteiger partial charge in [-0.2, -0.15) is 5.10 Å². The molecule has 1 aliphatic rings. The Kier molecular flexibility index (Phi) is 5.44. The SMILES string of the molecule is CCC(C)(C(O)Cc1ccn(C(C)C)n1)N1CCCCC1.